The van der Waals surface area contributed by atoms with Crippen molar-refractivity contribution in [3.63, 3.8) is 0 Å². The summed E-state index contributed by atoms with van der Waals surface area (Å²) in [6.07, 6.45) is 0. The molecule has 20 heavy (non-hydrogen) atoms. The molecule has 2 aromatic heterocycles. The molecular formula is C11H8N2O6S. The first-order chi connectivity index (χ1) is 9.49. The maximum atomic E-state index is 11.8. The fourth-order valence-corrected chi connectivity index (χ4v) is 2.23. The molecule has 0 bridgehead atoms. The van der Waals surface area contributed by atoms with Gasteiger partial charge in [0.15, 0.2) is 11.8 Å². The van der Waals surface area contributed by atoms with Gasteiger partial charge in [-0.1, -0.05) is 6.07 Å². The molecule has 0 spiro atoms. The molecule has 2 aromatic rings. The third-order valence-electron chi connectivity index (χ3n) is 2.35. The predicted molar refractivity (Wildman–Crippen MR) is 67.5 cm³/mol. The molecule has 9 heteroatoms. The molecule has 1 unspecified atom stereocenters. The first-order valence-electron chi connectivity index (χ1n) is 5.30. The van der Waals surface area contributed by atoms with E-state index in [2.05, 4.69) is 5.32 Å². The van der Waals surface area contributed by atoms with E-state index in [0.717, 1.165) is 12.1 Å². The van der Waals surface area contributed by atoms with Crippen LogP contribution in [0.2, 0.25) is 0 Å². The molecule has 0 aromatic carbocycles. The fraction of sp³-hybridized carbons (Fsp3) is 0.0909. The van der Waals surface area contributed by atoms with Gasteiger partial charge in [0.1, 0.15) is 4.92 Å². The van der Waals surface area contributed by atoms with Gasteiger partial charge in [-0.15, -0.1) is 11.3 Å². The summed E-state index contributed by atoms with van der Waals surface area (Å²) in [7, 11) is 0. The van der Waals surface area contributed by atoms with Crippen molar-refractivity contribution in [2.24, 2.45) is 0 Å². The maximum absolute atomic E-state index is 11.8. The molecule has 2 rings (SSSR count). The number of rotatable bonds is 5. The van der Waals surface area contributed by atoms with Crippen molar-refractivity contribution in [3.8, 4) is 0 Å². The smallest absolute Gasteiger partial charge is 0.433 e. The summed E-state index contributed by atoms with van der Waals surface area (Å²) in [6.45, 7) is 0. The lowest BCUT2D eigenvalue weighted by atomic mass is 10.2. The number of nitrogens with zero attached hydrogens (tertiary/aromatic N) is 1. The van der Waals surface area contributed by atoms with Crippen LogP contribution in [0.5, 0.6) is 0 Å². The number of aliphatic carboxylic acids is 1. The van der Waals surface area contributed by atoms with E-state index in [-0.39, 0.29) is 5.76 Å². The van der Waals surface area contributed by atoms with Crippen LogP contribution in [-0.2, 0) is 4.79 Å². The molecule has 8 nitrogen and oxygen atoms in total. The number of carbonyl (C=O) groups is 2. The lowest BCUT2D eigenvalue weighted by Gasteiger charge is -2.11. The van der Waals surface area contributed by atoms with Gasteiger partial charge in [0.2, 0.25) is 0 Å². The van der Waals surface area contributed by atoms with Gasteiger partial charge in [-0.25, -0.2) is 4.79 Å². The van der Waals surface area contributed by atoms with Crippen LogP contribution in [0.15, 0.2) is 34.1 Å². The number of hydrogen-bond donors (Lipinski definition) is 2. The minimum Gasteiger partial charge on any atom is -0.479 e. The van der Waals surface area contributed by atoms with Gasteiger partial charge >= 0.3 is 11.9 Å². The third kappa shape index (κ3) is 2.83. The molecule has 0 aliphatic heterocycles. The first-order valence-corrected chi connectivity index (χ1v) is 6.18. The Kier molecular flexibility index (Phi) is 3.80. The second-order valence-electron chi connectivity index (χ2n) is 3.66. The lowest BCUT2D eigenvalue weighted by Crippen LogP contribution is -2.32. The SMILES string of the molecule is O=C(NC(C(=O)O)c1cccs1)c1ccc([N+](=O)[O-])o1. The summed E-state index contributed by atoms with van der Waals surface area (Å²) in [5, 5.41) is 23.4. The minimum absolute atomic E-state index is 0.320. The van der Waals surface area contributed by atoms with Gasteiger partial charge in [0.05, 0.1) is 6.07 Å². The van der Waals surface area contributed by atoms with E-state index in [9.17, 15) is 19.7 Å². The number of nitrogens with one attached hydrogen (secondary N) is 1. The average Bonchev–Trinajstić information content (AvgIpc) is 3.05. The topological polar surface area (TPSA) is 123 Å². The van der Waals surface area contributed by atoms with E-state index in [1.54, 1.807) is 17.5 Å². The molecule has 0 saturated heterocycles. The standard InChI is InChI=1S/C11H8N2O6S/c14-10(6-3-4-8(19-6)13(17)18)12-9(11(15)16)7-2-1-5-20-7/h1-5,9H,(H,12,14)(H,15,16). The molecule has 2 N–H and O–H groups in total. The molecular weight excluding hydrogens is 288 g/mol. The fourth-order valence-electron chi connectivity index (χ4n) is 1.46. The van der Waals surface area contributed by atoms with Gasteiger partial charge < -0.3 is 14.8 Å². The van der Waals surface area contributed by atoms with Crippen molar-refractivity contribution in [2.45, 2.75) is 6.04 Å². The van der Waals surface area contributed by atoms with Crippen molar-refractivity contribution in [1.29, 1.82) is 0 Å². The van der Waals surface area contributed by atoms with Crippen LogP contribution in [0.3, 0.4) is 0 Å². The zero-order valence-electron chi connectivity index (χ0n) is 9.81. The van der Waals surface area contributed by atoms with Crippen LogP contribution in [0.1, 0.15) is 21.5 Å². The number of furan rings is 1. The van der Waals surface area contributed by atoms with Crippen molar-refractivity contribution < 1.29 is 24.0 Å². The largest absolute Gasteiger partial charge is 0.479 e. The van der Waals surface area contributed by atoms with Crippen LogP contribution < -0.4 is 5.32 Å². The van der Waals surface area contributed by atoms with Crippen molar-refractivity contribution >= 4 is 29.1 Å². The second kappa shape index (κ2) is 5.53. The number of amides is 1. The normalized spacial score (nSPS) is 11.8. The van der Waals surface area contributed by atoms with Crippen LogP contribution >= 0.6 is 11.3 Å². The van der Waals surface area contributed by atoms with Crippen LogP contribution in [0, 0.1) is 10.1 Å². The van der Waals surface area contributed by atoms with E-state index >= 15 is 0 Å². The summed E-state index contributed by atoms with van der Waals surface area (Å²) in [6, 6.07) is 4.12. The molecule has 2 heterocycles. The van der Waals surface area contributed by atoms with E-state index in [1.165, 1.54) is 11.3 Å². The van der Waals surface area contributed by atoms with E-state index in [0.29, 0.717) is 4.88 Å². The zero-order chi connectivity index (χ0) is 14.7. The Hall–Kier alpha value is -2.68. The number of carbonyl (C=O) groups excluding carboxylic acids is 1. The average molecular weight is 296 g/mol. The zero-order valence-corrected chi connectivity index (χ0v) is 10.6. The predicted octanol–water partition coefficient (Wildman–Crippen LogP) is 1.80. The number of carboxylic acids is 1. The minimum atomic E-state index is -1.23. The summed E-state index contributed by atoms with van der Waals surface area (Å²) in [4.78, 5) is 33.0. The molecule has 0 radical (unpaired) electrons. The van der Waals surface area contributed by atoms with E-state index in [4.69, 9.17) is 9.52 Å². The Labute approximate surface area is 115 Å². The Balaban J connectivity index is 2.16. The summed E-state index contributed by atoms with van der Waals surface area (Å²) >= 11 is 1.17. The van der Waals surface area contributed by atoms with Gasteiger partial charge in [0.25, 0.3) is 5.91 Å². The van der Waals surface area contributed by atoms with E-state index in [1.807, 2.05) is 0 Å². The van der Waals surface area contributed by atoms with Gasteiger partial charge in [-0.2, -0.15) is 0 Å². The highest BCUT2D eigenvalue weighted by molar-refractivity contribution is 7.10. The molecule has 0 aliphatic rings. The van der Waals surface area contributed by atoms with Crippen LogP contribution in [0.25, 0.3) is 0 Å². The number of thiophene rings is 1. The molecule has 1 amide bonds. The highest BCUT2D eigenvalue weighted by atomic mass is 32.1. The second-order valence-corrected chi connectivity index (χ2v) is 4.63. The van der Waals surface area contributed by atoms with Crippen molar-refractivity contribution in [1.82, 2.24) is 5.32 Å². The summed E-state index contributed by atoms with van der Waals surface area (Å²) < 4.78 is 4.70. The maximum Gasteiger partial charge on any atom is 0.433 e. The summed E-state index contributed by atoms with van der Waals surface area (Å²) in [5.74, 6) is -2.97. The van der Waals surface area contributed by atoms with Crippen LogP contribution in [-0.4, -0.2) is 21.9 Å². The van der Waals surface area contributed by atoms with Crippen LogP contribution in [0.4, 0.5) is 5.88 Å². The highest BCUT2D eigenvalue weighted by Gasteiger charge is 2.26. The van der Waals surface area contributed by atoms with E-state index < -0.39 is 28.7 Å². The molecule has 1 atom stereocenters. The monoisotopic (exact) mass is 296 g/mol. The Morgan fingerprint density at radius 3 is 2.65 bits per heavy atom. The van der Waals surface area contributed by atoms with Crippen molar-refractivity contribution in [2.75, 3.05) is 0 Å². The van der Waals surface area contributed by atoms with Gasteiger partial charge in [-0.3, -0.25) is 14.9 Å². The molecule has 0 aliphatic carbocycles. The molecule has 104 valence electrons. The van der Waals surface area contributed by atoms with Gasteiger partial charge in [-0.05, 0) is 17.5 Å². The number of hydrogen-bond acceptors (Lipinski definition) is 6. The first kappa shape index (κ1) is 13.7. The quantitative estimate of drug-likeness (QED) is 0.640. The number of nitro groups is 1. The number of carboxylic acid groups (broad SMARTS) is 1. The third-order valence-corrected chi connectivity index (χ3v) is 3.28. The molecule has 0 fully saturated rings. The van der Waals surface area contributed by atoms with Crippen molar-refractivity contribution in [3.05, 3.63) is 50.4 Å². The Morgan fingerprint density at radius 2 is 2.15 bits per heavy atom. The lowest BCUT2D eigenvalue weighted by molar-refractivity contribution is -0.402. The Bertz CT molecular complexity index is 648. The summed E-state index contributed by atoms with van der Waals surface area (Å²) in [5.41, 5.74) is 0. The Morgan fingerprint density at radius 1 is 1.40 bits per heavy atom. The molecule has 0 saturated carbocycles. The van der Waals surface area contributed by atoms with Gasteiger partial charge in [0, 0.05) is 4.88 Å². The highest BCUT2D eigenvalue weighted by Crippen LogP contribution is 2.21.